The van der Waals surface area contributed by atoms with Crippen molar-refractivity contribution in [3.8, 4) is 0 Å². The highest BCUT2D eigenvalue weighted by Gasteiger charge is 2.48. The van der Waals surface area contributed by atoms with Crippen molar-refractivity contribution < 1.29 is 22.7 Å². The van der Waals surface area contributed by atoms with Crippen LogP contribution in [0.1, 0.15) is 45.7 Å². The maximum absolute atomic E-state index is 12.9. The van der Waals surface area contributed by atoms with E-state index in [1.807, 2.05) is 0 Å². The van der Waals surface area contributed by atoms with Crippen LogP contribution in [0.2, 0.25) is 0 Å². The lowest BCUT2D eigenvalue weighted by Gasteiger charge is -2.28. The molecule has 118 valence electrons. The lowest BCUT2D eigenvalue weighted by Crippen LogP contribution is -2.36. The molecule has 1 aromatic rings. The van der Waals surface area contributed by atoms with E-state index in [0.29, 0.717) is 5.56 Å². The Hall–Kier alpha value is -1.52. The van der Waals surface area contributed by atoms with Gasteiger partial charge in [-0.05, 0) is 45.7 Å². The zero-order chi connectivity index (χ0) is 16.5. The van der Waals surface area contributed by atoms with Gasteiger partial charge >= 0.3 is 12.1 Å². The van der Waals surface area contributed by atoms with Crippen molar-refractivity contribution in [1.29, 1.82) is 0 Å². The topological polar surface area (TPSA) is 26.3 Å². The Balaban J connectivity index is 2.82. The SMILES string of the molecule is CC(C)(C)OC(=O)Cc1ccc(C(C)(C)C(F)(F)F)cc1. The Morgan fingerprint density at radius 2 is 1.48 bits per heavy atom. The lowest BCUT2D eigenvalue weighted by molar-refractivity contribution is -0.180. The van der Waals surface area contributed by atoms with E-state index in [9.17, 15) is 18.0 Å². The summed E-state index contributed by atoms with van der Waals surface area (Å²) in [6.07, 6.45) is -4.27. The highest BCUT2D eigenvalue weighted by Crippen LogP contribution is 2.40. The molecule has 0 aliphatic rings. The van der Waals surface area contributed by atoms with Crippen molar-refractivity contribution >= 4 is 5.97 Å². The monoisotopic (exact) mass is 302 g/mol. The minimum Gasteiger partial charge on any atom is -0.460 e. The molecule has 0 heterocycles. The fourth-order valence-corrected chi connectivity index (χ4v) is 1.75. The Kier molecular flexibility index (Phi) is 4.76. The standard InChI is InChI=1S/C16H21F3O2/c1-14(2,3)21-13(20)10-11-6-8-12(9-7-11)15(4,5)16(17,18)19/h6-9H,10H2,1-5H3. The second-order valence-corrected chi connectivity index (χ2v) is 6.58. The summed E-state index contributed by atoms with van der Waals surface area (Å²) in [4.78, 5) is 11.7. The predicted octanol–water partition coefficient (Wildman–Crippen LogP) is 4.41. The van der Waals surface area contributed by atoms with E-state index >= 15 is 0 Å². The van der Waals surface area contributed by atoms with E-state index < -0.39 is 23.2 Å². The van der Waals surface area contributed by atoms with Crippen LogP contribution in [0, 0.1) is 0 Å². The summed E-state index contributed by atoms with van der Waals surface area (Å²) >= 11 is 0. The molecule has 2 nitrogen and oxygen atoms in total. The number of alkyl halides is 3. The van der Waals surface area contributed by atoms with Crippen molar-refractivity contribution in [1.82, 2.24) is 0 Å². The molecule has 1 rings (SSSR count). The molecule has 0 unspecified atom stereocenters. The second kappa shape index (κ2) is 5.70. The average molecular weight is 302 g/mol. The molecule has 21 heavy (non-hydrogen) atoms. The molecular formula is C16H21F3O2. The van der Waals surface area contributed by atoms with E-state index in [1.165, 1.54) is 24.3 Å². The van der Waals surface area contributed by atoms with E-state index in [0.717, 1.165) is 13.8 Å². The Labute approximate surface area is 123 Å². The predicted molar refractivity (Wildman–Crippen MR) is 75.1 cm³/mol. The number of benzene rings is 1. The molecule has 0 spiro atoms. The van der Waals surface area contributed by atoms with Gasteiger partial charge in [-0.1, -0.05) is 24.3 Å². The van der Waals surface area contributed by atoms with E-state index in [2.05, 4.69) is 0 Å². The Morgan fingerprint density at radius 3 is 1.86 bits per heavy atom. The normalized spacial score (nSPS) is 13.1. The summed E-state index contributed by atoms with van der Waals surface area (Å²) in [6.45, 7) is 7.56. The van der Waals surface area contributed by atoms with Crippen molar-refractivity contribution in [2.75, 3.05) is 0 Å². The third kappa shape index (κ3) is 4.76. The van der Waals surface area contributed by atoms with Crippen molar-refractivity contribution in [2.24, 2.45) is 0 Å². The number of rotatable bonds is 3. The van der Waals surface area contributed by atoms with Crippen LogP contribution in [-0.2, 0) is 21.4 Å². The molecule has 0 amide bonds. The average Bonchev–Trinajstić information content (AvgIpc) is 2.25. The highest BCUT2D eigenvalue weighted by molar-refractivity contribution is 5.73. The van der Waals surface area contributed by atoms with Crippen LogP contribution >= 0.6 is 0 Å². The third-order valence-corrected chi connectivity index (χ3v) is 3.15. The van der Waals surface area contributed by atoms with Crippen molar-refractivity contribution in [3.05, 3.63) is 35.4 Å². The van der Waals surface area contributed by atoms with Crippen LogP contribution in [0.5, 0.6) is 0 Å². The highest BCUT2D eigenvalue weighted by atomic mass is 19.4. The number of esters is 1. The summed E-state index contributed by atoms with van der Waals surface area (Å²) in [6, 6.07) is 5.89. The number of hydrogen-bond donors (Lipinski definition) is 0. The fourth-order valence-electron chi connectivity index (χ4n) is 1.75. The summed E-state index contributed by atoms with van der Waals surface area (Å²) in [5, 5.41) is 0. The molecule has 0 radical (unpaired) electrons. The van der Waals surface area contributed by atoms with Gasteiger partial charge in [0.2, 0.25) is 0 Å². The van der Waals surface area contributed by atoms with Crippen LogP contribution in [0.25, 0.3) is 0 Å². The minimum absolute atomic E-state index is 0.0456. The number of hydrogen-bond acceptors (Lipinski definition) is 2. The summed E-state index contributed by atoms with van der Waals surface area (Å²) < 4.78 is 44.0. The van der Waals surface area contributed by atoms with Gasteiger partial charge in [-0.3, -0.25) is 4.79 Å². The zero-order valence-electron chi connectivity index (χ0n) is 13.0. The molecule has 0 N–H and O–H groups in total. The number of halogens is 3. The number of carbonyl (C=O) groups is 1. The fraction of sp³-hybridized carbons (Fsp3) is 0.562. The second-order valence-electron chi connectivity index (χ2n) is 6.58. The smallest absolute Gasteiger partial charge is 0.397 e. The molecule has 0 atom stereocenters. The third-order valence-electron chi connectivity index (χ3n) is 3.15. The van der Waals surface area contributed by atoms with E-state index in [1.54, 1.807) is 20.8 Å². The van der Waals surface area contributed by atoms with Gasteiger partial charge in [0.15, 0.2) is 0 Å². The molecule has 0 aromatic heterocycles. The maximum Gasteiger partial charge on any atom is 0.397 e. The minimum atomic E-state index is -4.32. The van der Waals surface area contributed by atoms with Crippen LogP contribution in [0.4, 0.5) is 13.2 Å². The Bertz CT molecular complexity index is 494. The molecule has 0 aliphatic carbocycles. The first kappa shape index (κ1) is 17.5. The van der Waals surface area contributed by atoms with Gasteiger partial charge in [-0.15, -0.1) is 0 Å². The van der Waals surface area contributed by atoms with Crippen LogP contribution < -0.4 is 0 Å². The molecule has 0 bridgehead atoms. The van der Waals surface area contributed by atoms with Gasteiger partial charge in [0.05, 0.1) is 11.8 Å². The first-order chi connectivity index (χ1) is 9.33. The van der Waals surface area contributed by atoms with Gasteiger partial charge in [-0.2, -0.15) is 13.2 Å². The van der Waals surface area contributed by atoms with Gasteiger partial charge in [0.1, 0.15) is 5.60 Å². The molecular weight excluding hydrogens is 281 g/mol. The van der Waals surface area contributed by atoms with Gasteiger partial charge < -0.3 is 4.74 Å². The summed E-state index contributed by atoms with van der Waals surface area (Å²) in [7, 11) is 0. The number of ether oxygens (including phenoxy) is 1. The molecule has 0 saturated carbocycles. The van der Waals surface area contributed by atoms with Gasteiger partial charge in [0, 0.05) is 0 Å². The molecule has 0 aliphatic heterocycles. The first-order valence-corrected chi connectivity index (χ1v) is 6.71. The van der Waals surface area contributed by atoms with Crippen molar-refractivity contribution in [3.63, 3.8) is 0 Å². The lowest BCUT2D eigenvalue weighted by atomic mass is 9.83. The van der Waals surface area contributed by atoms with Crippen LogP contribution in [-0.4, -0.2) is 17.7 Å². The van der Waals surface area contributed by atoms with E-state index in [4.69, 9.17) is 4.74 Å². The molecule has 5 heteroatoms. The van der Waals surface area contributed by atoms with Gasteiger partial charge in [-0.25, -0.2) is 0 Å². The molecule has 1 aromatic carbocycles. The van der Waals surface area contributed by atoms with Crippen LogP contribution in [0.3, 0.4) is 0 Å². The van der Waals surface area contributed by atoms with Crippen LogP contribution in [0.15, 0.2) is 24.3 Å². The summed E-state index contributed by atoms with van der Waals surface area (Å²) in [5.74, 6) is -0.398. The largest absolute Gasteiger partial charge is 0.460 e. The molecule has 0 fully saturated rings. The maximum atomic E-state index is 12.9. The summed E-state index contributed by atoms with van der Waals surface area (Å²) in [5.41, 5.74) is -1.69. The zero-order valence-corrected chi connectivity index (χ0v) is 13.0. The first-order valence-electron chi connectivity index (χ1n) is 6.71. The number of carbonyl (C=O) groups excluding carboxylic acids is 1. The van der Waals surface area contributed by atoms with E-state index in [-0.39, 0.29) is 12.0 Å². The van der Waals surface area contributed by atoms with Crippen molar-refractivity contribution in [2.45, 2.75) is 58.2 Å². The Morgan fingerprint density at radius 1 is 1.00 bits per heavy atom. The quantitative estimate of drug-likeness (QED) is 0.773. The van der Waals surface area contributed by atoms with Gasteiger partial charge in [0.25, 0.3) is 0 Å². The molecule has 0 saturated heterocycles.